The molecule has 0 radical (unpaired) electrons. The van der Waals surface area contributed by atoms with Gasteiger partial charge >= 0.3 is 0 Å². The Labute approximate surface area is 126 Å². The first kappa shape index (κ1) is 13.7. The minimum atomic E-state index is -0.393. The lowest BCUT2D eigenvalue weighted by Gasteiger charge is -2.11. The number of thiophene rings is 1. The van der Waals surface area contributed by atoms with Crippen LogP contribution in [0.1, 0.15) is 17.2 Å². The topological polar surface area (TPSA) is 69.2 Å². The predicted molar refractivity (Wildman–Crippen MR) is 85.6 cm³/mol. The van der Waals surface area contributed by atoms with E-state index in [1.807, 2.05) is 12.1 Å². The van der Waals surface area contributed by atoms with Gasteiger partial charge in [-0.25, -0.2) is 0 Å². The maximum absolute atomic E-state index is 10.6. The number of hydrogen-bond acceptors (Lipinski definition) is 4. The molecule has 1 atom stereocenters. The molecule has 4 nitrogen and oxygen atoms in total. The molecular formula is C16H14N2O2S. The zero-order chi connectivity index (χ0) is 14.8. The normalized spacial score (nSPS) is 12.4. The summed E-state index contributed by atoms with van der Waals surface area (Å²) in [6.07, 6.45) is 0.665. The lowest BCUT2D eigenvalue weighted by molar-refractivity contribution is -0.384. The number of nitrogens with two attached hydrogens (primary N) is 1. The lowest BCUT2D eigenvalue weighted by Crippen LogP contribution is -2.12. The molecule has 0 aliphatic rings. The van der Waals surface area contributed by atoms with Crippen LogP contribution in [0.4, 0.5) is 5.69 Å². The van der Waals surface area contributed by atoms with Crippen molar-refractivity contribution in [1.82, 2.24) is 0 Å². The van der Waals surface area contributed by atoms with Gasteiger partial charge in [0.25, 0.3) is 5.69 Å². The molecule has 0 saturated heterocycles. The first-order chi connectivity index (χ1) is 10.1. The molecule has 0 aliphatic heterocycles. The quantitative estimate of drug-likeness (QED) is 0.583. The van der Waals surface area contributed by atoms with Crippen molar-refractivity contribution in [2.45, 2.75) is 12.5 Å². The fourth-order valence-electron chi connectivity index (χ4n) is 2.40. The maximum Gasteiger partial charge on any atom is 0.269 e. The van der Waals surface area contributed by atoms with Crippen LogP contribution >= 0.6 is 11.3 Å². The second kappa shape index (κ2) is 5.63. The van der Waals surface area contributed by atoms with Gasteiger partial charge in [-0.2, -0.15) is 0 Å². The van der Waals surface area contributed by atoms with E-state index in [0.717, 1.165) is 11.1 Å². The Morgan fingerprint density at radius 3 is 2.57 bits per heavy atom. The molecule has 0 aliphatic carbocycles. The van der Waals surface area contributed by atoms with Crippen molar-refractivity contribution in [3.05, 3.63) is 75.2 Å². The maximum atomic E-state index is 10.6. The Hall–Kier alpha value is -2.24. The third-order valence-corrected chi connectivity index (χ3v) is 4.49. The summed E-state index contributed by atoms with van der Waals surface area (Å²) in [6, 6.07) is 14.7. The van der Waals surface area contributed by atoms with E-state index >= 15 is 0 Å². The van der Waals surface area contributed by atoms with Gasteiger partial charge in [-0.05, 0) is 34.4 Å². The van der Waals surface area contributed by atoms with Crippen LogP contribution in [0.5, 0.6) is 0 Å². The van der Waals surface area contributed by atoms with Crippen LogP contribution in [0.25, 0.3) is 10.1 Å². The highest BCUT2D eigenvalue weighted by Gasteiger charge is 2.13. The van der Waals surface area contributed by atoms with Crippen LogP contribution in [0, 0.1) is 10.1 Å². The Bertz CT molecular complexity index is 780. The number of nitrogens with zero attached hydrogens (tertiary/aromatic N) is 1. The third-order valence-electron chi connectivity index (χ3n) is 3.51. The van der Waals surface area contributed by atoms with Gasteiger partial charge in [0.1, 0.15) is 0 Å². The summed E-state index contributed by atoms with van der Waals surface area (Å²) < 4.78 is 1.23. The fourth-order valence-corrected chi connectivity index (χ4v) is 3.43. The molecular weight excluding hydrogens is 284 g/mol. The molecule has 2 aromatic carbocycles. The Morgan fingerprint density at radius 1 is 1.14 bits per heavy atom. The molecule has 5 heteroatoms. The van der Waals surface area contributed by atoms with E-state index in [1.54, 1.807) is 23.5 Å². The molecule has 1 unspecified atom stereocenters. The first-order valence-electron chi connectivity index (χ1n) is 6.60. The average Bonchev–Trinajstić information content (AvgIpc) is 2.92. The molecule has 1 aromatic heterocycles. The Kier molecular flexibility index (Phi) is 3.68. The summed E-state index contributed by atoms with van der Waals surface area (Å²) >= 11 is 1.69. The fraction of sp³-hybridized carbons (Fsp3) is 0.125. The largest absolute Gasteiger partial charge is 0.324 e. The van der Waals surface area contributed by atoms with Crippen molar-refractivity contribution in [3.8, 4) is 0 Å². The van der Waals surface area contributed by atoms with Gasteiger partial charge in [-0.15, -0.1) is 11.3 Å². The van der Waals surface area contributed by atoms with E-state index in [-0.39, 0.29) is 11.7 Å². The molecule has 106 valence electrons. The van der Waals surface area contributed by atoms with Crippen LogP contribution < -0.4 is 5.73 Å². The Morgan fingerprint density at radius 2 is 1.86 bits per heavy atom. The standard InChI is InChI=1S/C16H14N2O2S/c17-15(9-11-5-7-12(8-6-11)18(19)20)14-10-21-16-4-2-1-3-13(14)16/h1-8,10,15H,9,17H2. The van der Waals surface area contributed by atoms with Gasteiger partial charge in [0, 0.05) is 22.9 Å². The summed E-state index contributed by atoms with van der Waals surface area (Å²) in [6.45, 7) is 0. The summed E-state index contributed by atoms with van der Waals surface area (Å²) in [7, 11) is 0. The average molecular weight is 298 g/mol. The second-order valence-corrected chi connectivity index (χ2v) is 5.83. The van der Waals surface area contributed by atoms with E-state index in [4.69, 9.17) is 5.73 Å². The number of fused-ring (bicyclic) bond motifs is 1. The van der Waals surface area contributed by atoms with E-state index in [2.05, 4.69) is 17.5 Å². The van der Waals surface area contributed by atoms with Crippen LogP contribution in [-0.2, 0) is 6.42 Å². The summed E-state index contributed by atoms with van der Waals surface area (Å²) in [5.41, 5.74) is 8.55. The molecule has 3 aromatic rings. The van der Waals surface area contributed by atoms with Crippen molar-refractivity contribution < 1.29 is 4.92 Å². The zero-order valence-electron chi connectivity index (χ0n) is 11.2. The van der Waals surface area contributed by atoms with Crippen molar-refractivity contribution in [2.75, 3.05) is 0 Å². The van der Waals surface area contributed by atoms with E-state index in [1.165, 1.54) is 22.2 Å². The summed E-state index contributed by atoms with van der Waals surface area (Å²) in [5, 5.41) is 13.9. The smallest absolute Gasteiger partial charge is 0.269 e. The number of hydrogen-bond donors (Lipinski definition) is 1. The van der Waals surface area contributed by atoms with Crippen LogP contribution in [-0.4, -0.2) is 4.92 Å². The Balaban J connectivity index is 1.82. The highest BCUT2D eigenvalue weighted by atomic mass is 32.1. The molecule has 21 heavy (non-hydrogen) atoms. The zero-order valence-corrected chi connectivity index (χ0v) is 12.0. The molecule has 2 N–H and O–H groups in total. The van der Waals surface area contributed by atoms with Crippen molar-refractivity contribution in [3.63, 3.8) is 0 Å². The molecule has 0 amide bonds. The highest BCUT2D eigenvalue weighted by molar-refractivity contribution is 7.17. The van der Waals surface area contributed by atoms with Crippen LogP contribution in [0.3, 0.4) is 0 Å². The highest BCUT2D eigenvalue weighted by Crippen LogP contribution is 2.30. The van der Waals surface area contributed by atoms with Gasteiger partial charge in [0.05, 0.1) is 4.92 Å². The van der Waals surface area contributed by atoms with E-state index in [9.17, 15) is 10.1 Å². The number of non-ortho nitro benzene ring substituents is 1. The molecule has 0 spiro atoms. The van der Waals surface area contributed by atoms with Crippen LogP contribution in [0.2, 0.25) is 0 Å². The van der Waals surface area contributed by atoms with Gasteiger partial charge in [0.2, 0.25) is 0 Å². The molecule has 0 fully saturated rings. The van der Waals surface area contributed by atoms with E-state index in [0.29, 0.717) is 6.42 Å². The van der Waals surface area contributed by atoms with Crippen LogP contribution in [0.15, 0.2) is 53.9 Å². The molecule has 0 bridgehead atoms. The third kappa shape index (κ3) is 2.79. The predicted octanol–water partition coefficient (Wildman–Crippen LogP) is 4.05. The van der Waals surface area contributed by atoms with Gasteiger partial charge in [0.15, 0.2) is 0 Å². The second-order valence-electron chi connectivity index (χ2n) is 4.92. The van der Waals surface area contributed by atoms with Gasteiger partial charge < -0.3 is 5.73 Å². The number of benzene rings is 2. The summed E-state index contributed by atoms with van der Waals surface area (Å²) in [4.78, 5) is 10.3. The summed E-state index contributed by atoms with van der Waals surface area (Å²) in [5.74, 6) is 0. The van der Waals surface area contributed by atoms with Crippen molar-refractivity contribution in [2.24, 2.45) is 5.73 Å². The van der Waals surface area contributed by atoms with Gasteiger partial charge in [-0.1, -0.05) is 30.3 Å². The SMILES string of the molecule is NC(Cc1ccc([N+](=O)[O-])cc1)c1csc2ccccc12. The molecule has 0 saturated carbocycles. The van der Waals surface area contributed by atoms with Crippen molar-refractivity contribution in [1.29, 1.82) is 0 Å². The molecule has 3 rings (SSSR count). The first-order valence-corrected chi connectivity index (χ1v) is 7.48. The number of nitro groups is 1. The molecule has 1 heterocycles. The minimum Gasteiger partial charge on any atom is -0.324 e. The minimum absolute atomic E-state index is 0.105. The lowest BCUT2D eigenvalue weighted by atomic mass is 9.99. The number of nitro benzene ring substituents is 1. The monoisotopic (exact) mass is 298 g/mol. The number of rotatable bonds is 4. The van der Waals surface area contributed by atoms with Crippen molar-refractivity contribution >= 4 is 27.1 Å². The van der Waals surface area contributed by atoms with E-state index < -0.39 is 4.92 Å². The van der Waals surface area contributed by atoms with Gasteiger partial charge in [-0.3, -0.25) is 10.1 Å².